The van der Waals surface area contributed by atoms with Crippen molar-refractivity contribution in [3.63, 3.8) is 0 Å². The van der Waals surface area contributed by atoms with Gasteiger partial charge in [-0.3, -0.25) is 4.90 Å². The lowest BCUT2D eigenvalue weighted by Crippen LogP contribution is -2.58. The molecule has 1 aliphatic heterocycles. The van der Waals surface area contributed by atoms with E-state index in [-0.39, 0.29) is 11.8 Å². The Morgan fingerprint density at radius 3 is 2.48 bits per heavy atom. The van der Waals surface area contributed by atoms with E-state index in [0.717, 1.165) is 44.0 Å². The van der Waals surface area contributed by atoms with Gasteiger partial charge in [-0.2, -0.15) is 0 Å². The number of nitrogens with zero attached hydrogens (tertiary/aromatic N) is 3. The predicted molar refractivity (Wildman–Crippen MR) is 106 cm³/mol. The van der Waals surface area contributed by atoms with Crippen LogP contribution in [-0.2, 0) is 19.2 Å². The molecule has 1 aromatic carbocycles. The van der Waals surface area contributed by atoms with Gasteiger partial charge >= 0.3 is 0 Å². The molecule has 0 amide bonds. The minimum Gasteiger partial charge on any atom is -0.496 e. The summed E-state index contributed by atoms with van der Waals surface area (Å²) in [5, 5.41) is 11.7. The number of methoxy groups -OCH3 is 1. The van der Waals surface area contributed by atoms with E-state index in [1.807, 2.05) is 17.8 Å². The number of hydrogen-bond acceptors (Lipinski definition) is 4. The van der Waals surface area contributed by atoms with E-state index >= 15 is 0 Å². The smallest absolute Gasteiger partial charge is 0.141 e. The zero-order valence-electron chi connectivity index (χ0n) is 16.9. The lowest BCUT2D eigenvalue weighted by molar-refractivity contribution is -0.155. The third-order valence-electron chi connectivity index (χ3n) is 6.73. The molecule has 2 aromatic rings. The molecule has 4 rings (SSSR count). The van der Waals surface area contributed by atoms with Crippen LogP contribution >= 0.6 is 0 Å². The van der Waals surface area contributed by atoms with Crippen molar-refractivity contribution in [2.75, 3.05) is 20.2 Å². The molecule has 5 nitrogen and oxygen atoms in total. The molecule has 27 heavy (non-hydrogen) atoms. The SMILES string of the molecule is COc1cc(C)c(CN2C[C@H]3CCC[C@H](C2)C3(O)c2nccn2C)cc1C. The van der Waals surface area contributed by atoms with Crippen molar-refractivity contribution in [1.82, 2.24) is 14.5 Å². The standard InChI is InChI=1S/C22H31N3O2/c1-15-11-20(27-4)16(2)10-17(15)12-25-13-18-6-5-7-19(14-25)22(18,26)21-23-8-9-24(21)3/h8-11,18-19,26H,5-7,12-14H2,1-4H3/t18-,19-/m1/s1. The Morgan fingerprint density at radius 1 is 1.19 bits per heavy atom. The van der Waals surface area contributed by atoms with Gasteiger partial charge in [-0.1, -0.05) is 12.5 Å². The number of aryl methyl sites for hydroxylation is 3. The summed E-state index contributed by atoms with van der Waals surface area (Å²) < 4.78 is 7.45. The number of imidazole rings is 1. The highest BCUT2D eigenvalue weighted by atomic mass is 16.5. The monoisotopic (exact) mass is 369 g/mol. The minimum atomic E-state index is -0.794. The molecule has 1 aliphatic carbocycles. The number of rotatable bonds is 4. The molecule has 1 saturated heterocycles. The highest BCUT2D eigenvalue weighted by molar-refractivity contribution is 5.41. The molecular weight excluding hydrogens is 338 g/mol. The van der Waals surface area contributed by atoms with E-state index in [1.54, 1.807) is 13.3 Å². The molecule has 1 N–H and O–H groups in total. The first-order valence-electron chi connectivity index (χ1n) is 10.00. The Hall–Kier alpha value is -1.85. The Morgan fingerprint density at radius 2 is 1.89 bits per heavy atom. The van der Waals surface area contributed by atoms with Crippen LogP contribution in [0, 0.1) is 25.7 Å². The molecule has 1 saturated carbocycles. The average molecular weight is 370 g/mol. The maximum absolute atomic E-state index is 11.7. The zero-order chi connectivity index (χ0) is 19.2. The van der Waals surface area contributed by atoms with Crippen LogP contribution in [0.3, 0.4) is 0 Å². The van der Waals surface area contributed by atoms with E-state index in [1.165, 1.54) is 23.1 Å². The molecule has 2 bridgehead atoms. The number of aliphatic hydroxyl groups is 1. The fourth-order valence-electron chi connectivity index (χ4n) is 5.27. The van der Waals surface area contributed by atoms with Crippen LogP contribution in [0.15, 0.2) is 24.5 Å². The first-order chi connectivity index (χ1) is 12.9. The van der Waals surface area contributed by atoms with Gasteiger partial charge in [0.05, 0.1) is 7.11 Å². The van der Waals surface area contributed by atoms with Gasteiger partial charge in [0.25, 0.3) is 0 Å². The summed E-state index contributed by atoms with van der Waals surface area (Å²) in [6.45, 7) is 7.04. The Labute approximate surface area is 162 Å². The molecule has 0 unspecified atom stereocenters. The van der Waals surface area contributed by atoms with Crippen LogP contribution in [0.25, 0.3) is 0 Å². The molecule has 2 heterocycles. The van der Waals surface area contributed by atoms with Crippen molar-refractivity contribution in [2.45, 2.75) is 45.3 Å². The Balaban J connectivity index is 1.58. The summed E-state index contributed by atoms with van der Waals surface area (Å²) in [6.07, 6.45) is 7.09. The van der Waals surface area contributed by atoms with E-state index in [4.69, 9.17) is 4.74 Å². The third-order valence-corrected chi connectivity index (χ3v) is 6.73. The van der Waals surface area contributed by atoms with Gasteiger partial charge in [-0.15, -0.1) is 0 Å². The van der Waals surface area contributed by atoms with Crippen LogP contribution in [-0.4, -0.2) is 39.8 Å². The van der Waals surface area contributed by atoms with Gasteiger partial charge in [-0.05, 0) is 49.4 Å². The van der Waals surface area contributed by atoms with Crippen LogP contribution in [0.5, 0.6) is 5.75 Å². The quantitative estimate of drug-likeness (QED) is 0.899. The molecule has 0 spiro atoms. The summed E-state index contributed by atoms with van der Waals surface area (Å²) in [4.78, 5) is 7.06. The molecule has 146 valence electrons. The molecule has 2 aliphatic rings. The summed E-state index contributed by atoms with van der Waals surface area (Å²) in [5.41, 5.74) is 3.01. The molecule has 2 fully saturated rings. The molecule has 2 atom stereocenters. The number of likely N-dealkylation sites (tertiary alicyclic amines) is 1. The van der Waals surface area contributed by atoms with Crippen molar-refractivity contribution in [2.24, 2.45) is 18.9 Å². The number of benzene rings is 1. The highest BCUT2D eigenvalue weighted by Gasteiger charge is 2.53. The van der Waals surface area contributed by atoms with Gasteiger partial charge in [0.1, 0.15) is 17.2 Å². The zero-order valence-corrected chi connectivity index (χ0v) is 16.9. The topological polar surface area (TPSA) is 50.5 Å². The summed E-state index contributed by atoms with van der Waals surface area (Å²) >= 11 is 0. The van der Waals surface area contributed by atoms with Gasteiger partial charge in [0.15, 0.2) is 0 Å². The number of fused-ring (bicyclic) bond motifs is 2. The number of piperidine rings is 1. The minimum absolute atomic E-state index is 0.241. The fraction of sp³-hybridized carbons (Fsp3) is 0.591. The lowest BCUT2D eigenvalue weighted by Gasteiger charge is -2.52. The average Bonchev–Trinajstić information content (AvgIpc) is 3.05. The van der Waals surface area contributed by atoms with Crippen molar-refractivity contribution in [3.05, 3.63) is 47.0 Å². The first-order valence-corrected chi connectivity index (χ1v) is 10.00. The van der Waals surface area contributed by atoms with Crippen LogP contribution in [0.4, 0.5) is 0 Å². The maximum Gasteiger partial charge on any atom is 0.141 e. The second-order valence-corrected chi connectivity index (χ2v) is 8.45. The molecular formula is C22H31N3O2. The summed E-state index contributed by atoms with van der Waals surface area (Å²) in [7, 11) is 3.72. The van der Waals surface area contributed by atoms with Crippen LogP contribution in [0.2, 0.25) is 0 Å². The van der Waals surface area contributed by atoms with Crippen LogP contribution < -0.4 is 4.74 Å². The Kier molecular flexibility index (Phi) is 4.77. The second kappa shape index (κ2) is 6.95. The number of aromatic nitrogens is 2. The van der Waals surface area contributed by atoms with Crippen molar-refractivity contribution in [3.8, 4) is 5.75 Å². The van der Waals surface area contributed by atoms with Gasteiger partial charge in [0.2, 0.25) is 0 Å². The van der Waals surface area contributed by atoms with Crippen molar-refractivity contribution in [1.29, 1.82) is 0 Å². The van der Waals surface area contributed by atoms with E-state index in [0.29, 0.717) is 0 Å². The third kappa shape index (κ3) is 3.07. The highest BCUT2D eigenvalue weighted by Crippen LogP contribution is 2.48. The van der Waals surface area contributed by atoms with Gasteiger partial charge in [-0.25, -0.2) is 4.98 Å². The van der Waals surface area contributed by atoms with Gasteiger partial charge in [0, 0.05) is 50.9 Å². The maximum atomic E-state index is 11.7. The largest absolute Gasteiger partial charge is 0.496 e. The summed E-state index contributed by atoms with van der Waals surface area (Å²) in [6, 6.07) is 4.39. The van der Waals surface area contributed by atoms with Gasteiger partial charge < -0.3 is 14.4 Å². The van der Waals surface area contributed by atoms with Crippen LogP contribution in [0.1, 0.15) is 41.8 Å². The van der Waals surface area contributed by atoms with Crippen molar-refractivity contribution >= 4 is 0 Å². The second-order valence-electron chi connectivity index (χ2n) is 8.45. The first kappa shape index (κ1) is 18.5. The lowest BCUT2D eigenvalue weighted by atomic mass is 9.65. The summed E-state index contributed by atoms with van der Waals surface area (Å²) in [5.74, 6) is 2.28. The number of hydrogen-bond donors (Lipinski definition) is 1. The van der Waals surface area contributed by atoms with E-state index in [9.17, 15) is 5.11 Å². The molecule has 5 heteroatoms. The van der Waals surface area contributed by atoms with Crippen molar-refractivity contribution < 1.29 is 9.84 Å². The number of ether oxygens (including phenoxy) is 1. The predicted octanol–water partition coefficient (Wildman–Crippen LogP) is 3.17. The van der Waals surface area contributed by atoms with E-state index < -0.39 is 5.60 Å². The molecule has 1 aromatic heterocycles. The fourth-order valence-corrected chi connectivity index (χ4v) is 5.27. The normalized spacial score (nSPS) is 28.3. The molecule has 0 radical (unpaired) electrons. The Bertz CT molecular complexity index is 815. The van der Waals surface area contributed by atoms with E-state index in [2.05, 4.69) is 35.9 Å².